The summed E-state index contributed by atoms with van der Waals surface area (Å²) in [5, 5.41) is 4.42. The average molecular weight is 260 g/mol. The number of hydrogen-bond donors (Lipinski definition) is 1. The lowest BCUT2D eigenvalue weighted by molar-refractivity contribution is 0.437. The third-order valence-electron chi connectivity index (χ3n) is 1.64. The molecule has 14 heavy (non-hydrogen) atoms. The van der Waals surface area contributed by atoms with E-state index >= 15 is 0 Å². The molecule has 1 rings (SSSR count). The van der Waals surface area contributed by atoms with Gasteiger partial charge in [-0.05, 0) is 20.5 Å². The zero-order valence-corrected chi connectivity index (χ0v) is 11.1. The quantitative estimate of drug-likeness (QED) is 0.832. The van der Waals surface area contributed by atoms with Crippen LogP contribution in [0.2, 0.25) is 0 Å². The van der Waals surface area contributed by atoms with E-state index in [0.29, 0.717) is 0 Å². The van der Waals surface area contributed by atoms with Crippen molar-refractivity contribution in [2.45, 2.75) is 6.42 Å². The van der Waals surface area contributed by atoms with Crippen molar-refractivity contribution < 1.29 is 0 Å². The zero-order valence-electron chi connectivity index (χ0n) is 8.65. The Bertz CT molecular complexity index is 165. The lowest BCUT2D eigenvalue weighted by Gasteiger charge is -2.14. The van der Waals surface area contributed by atoms with E-state index in [2.05, 4.69) is 29.3 Å². The molecule has 6 heteroatoms. The minimum absolute atomic E-state index is 0. The normalized spacial score (nSPS) is 14.9. The molecule has 86 valence electrons. The molecule has 0 aliphatic carbocycles. The van der Waals surface area contributed by atoms with Gasteiger partial charge in [-0.3, -0.25) is 4.99 Å². The van der Waals surface area contributed by atoms with Crippen LogP contribution in [-0.2, 0) is 0 Å². The highest BCUT2D eigenvalue weighted by molar-refractivity contribution is 8.13. The van der Waals surface area contributed by atoms with Gasteiger partial charge in [0.25, 0.3) is 0 Å². The highest BCUT2D eigenvalue weighted by atomic mass is 35.5. The summed E-state index contributed by atoms with van der Waals surface area (Å²) in [7, 11) is 4.19. The Kier molecular flexibility index (Phi) is 11.9. The number of rotatable bonds is 3. The first-order chi connectivity index (χ1) is 5.79. The van der Waals surface area contributed by atoms with Crippen LogP contribution in [0.1, 0.15) is 6.42 Å². The fraction of sp³-hybridized carbons (Fsp3) is 0.875. The number of aliphatic imine (C=N–C) groups is 1. The van der Waals surface area contributed by atoms with Gasteiger partial charge in [0.05, 0.1) is 0 Å². The van der Waals surface area contributed by atoms with E-state index < -0.39 is 0 Å². The lowest BCUT2D eigenvalue weighted by Crippen LogP contribution is -2.28. The standard InChI is InChI=1S/C8H17N3S.2ClH/c1-11(2)6-7-12-8-9-4-3-5-10-8;;/h3-7H2,1-2H3,(H,9,10);2*1H. The van der Waals surface area contributed by atoms with E-state index in [0.717, 1.165) is 30.6 Å². The molecule has 0 unspecified atom stereocenters. The van der Waals surface area contributed by atoms with E-state index in [1.54, 1.807) is 0 Å². The Balaban J connectivity index is 0. The second-order valence-electron chi connectivity index (χ2n) is 3.12. The van der Waals surface area contributed by atoms with Crippen molar-refractivity contribution in [2.75, 3.05) is 39.5 Å². The van der Waals surface area contributed by atoms with Crippen molar-refractivity contribution in [1.29, 1.82) is 0 Å². The monoisotopic (exact) mass is 259 g/mol. The van der Waals surface area contributed by atoms with Crippen LogP contribution >= 0.6 is 36.6 Å². The van der Waals surface area contributed by atoms with Gasteiger partial charge in [-0.25, -0.2) is 0 Å². The maximum Gasteiger partial charge on any atom is 0.156 e. The van der Waals surface area contributed by atoms with Crippen LogP contribution in [0.3, 0.4) is 0 Å². The molecule has 1 N–H and O–H groups in total. The van der Waals surface area contributed by atoms with Gasteiger partial charge in [-0.2, -0.15) is 0 Å². The highest BCUT2D eigenvalue weighted by Gasteiger charge is 2.03. The Labute approximate surface area is 103 Å². The number of nitrogens with zero attached hydrogens (tertiary/aromatic N) is 2. The minimum atomic E-state index is 0. The summed E-state index contributed by atoms with van der Waals surface area (Å²) < 4.78 is 0. The summed E-state index contributed by atoms with van der Waals surface area (Å²) in [6, 6.07) is 0. The molecule has 1 aliphatic heterocycles. The predicted octanol–water partition coefficient (Wildman–Crippen LogP) is 1.47. The van der Waals surface area contributed by atoms with Crippen molar-refractivity contribution in [3.8, 4) is 0 Å². The molecule has 0 radical (unpaired) electrons. The van der Waals surface area contributed by atoms with Gasteiger partial charge in [0.2, 0.25) is 0 Å². The fourth-order valence-corrected chi connectivity index (χ4v) is 1.97. The molecule has 3 nitrogen and oxygen atoms in total. The predicted molar refractivity (Wildman–Crippen MR) is 70.4 cm³/mol. The van der Waals surface area contributed by atoms with Gasteiger partial charge < -0.3 is 10.2 Å². The Hall–Kier alpha value is 0.360. The van der Waals surface area contributed by atoms with Crippen LogP contribution in [0.4, 0.5) is 0 Å². The van der Waals surface area contributed by atoms with E-state index in [1.165, 1.54) is 6.42 Å². The van der Waals surface area contributed by atoms with Crippen molar-refractivity contribution in [1.82, 2.24) is 10.2 Å². The minimum Gasteiger partial charge on any atom is -0.365 e. The first kappa shape index (κ1) is 16.8. The third kappa shape index (κ3) is 7.74. The van der Waals surface area contributed by atoms with Crippen LogP contribution < -0.4 is 5.32 Å². The Morgan fingerprint density at radius 2 is 2.14 bits per heavy atom. The molecule has 0 aromatic heterocycles. The SMILES string of the molecule is CN(C)CCSC1=NCCCN1.Cl.Cl. The van der Waals surface area contributed by atoms with E-state index in [-0.39, 0.29) is 24.8 Å². The molecule has 0 bridgehead atoms. The first-order valence-electron chi connectivity index (χ1n) is 4.35. The second kappa shape index (κ2) is 9.90. The molecular weight excluding hydrogens is 241 g/mol. The fourth-order valence-electron chi connectivity index (χ4n) is 0.932. The molecule has 0 aromatic carbocycles. The molecule has 1 heterocycles. The molecule has 0 amide bonds. The summed E-state index contributed by atoms with van der Waals surface area (Å²) in [5.74, 6) is 1.12. The van der Waals surface area contributed by atoms with Crippen molar-refractivity contribution in [2.24, 2.45) is 4.99 Å². The van der Waals surface area contributed by atoms with Crippen LogP contribution in [0.25, 0.3) is 0 Å². The van der Waals surface area contributed by atoms with Gasteiger partial charge in [0.1, 0.15) is 0 Å². The summed E-state index contributed by atoms with van der Waals surface area (Å²) in [6.45, 7) is 3.20. The van der Waals surface area contributed by atoms with E-state index in [1.807, 2.05) is 11.8 Å². The maximum absolute atomic E-state index is 4.38. The maximum atomic E-state index is 4.38. The molecule has 0 aromatic rings. The number of hydrogen-bond acceptors (Lipinski definition) is 4. The summed E-state index contributed by atoms with van der Waals surface area (Å²) >= 11 is 1.82. The smallest absolute Gasteiger partial charge is 0.156 e. The summed E-state index contributed by atoms with van der Waals surface area (Å²) in [5.41, 5.74) is 0. The van der Waals surface area contributed by atoms with Crippen LogP contribution in [0, 0.1) is 0 Å². The number of thioether (sulfide) groups is 1. The van der Waals surface area contributed by atoms with Gasteiger partial charge in [-0.1, -0.05) is 11.8 Å². The molecule has 0 atom stereocenters. The number of nitrogens with one attached hydrogen (secondary N) is 1. The third-order valence-corrected chi connectivity index (χ3v) is 2.58. The van der Waals surface area contributed by atoms with Gasteiger partial charge >= 0.3 is 0 Å². The molecule has 0 fully saturated rings. The number of amidine groups is 1. The molecular formula is C8H19Cl2N3S. The van der Waals surface area contributed by atoms with Crippen molar-refractivity contribution in [3.05, 3.63) is 0 Å². The van der Waals surface area contributed by atoms with Gasteiger partial charge in [0.15, 0.2) is 5.17 Å². The van der Waals surface area contributed by atoms with E-state index in [4.69, 9.17) is 0 Å². The van der Waals surface area contributed by atoms with E-state index in [9.17, 15) is 0 Å². The second-order valence-corrected chi connectivity index (χ2v) is 4.20. The molecule has 0 saturated carbocycles. The average Bonchev–Trinajstić information content (AvgIpc) is 2.05. The molecule has 1 aliphatic rings. The van der Waals surface area contributed by atoms with Crippen LogP contribution in [0.15, 0.2) is 4.99 Å². The Morgan fingerprint density at radius 3 is 2.64 bits per heavy atom. The highest BCUT2D eigenvalue weighted by Crippen LogP contribution is 2.05. The number of halogens is 2. The lowest BCUT2D eigenvalue weighted by atomic mass is 10.4. The summed E-state index contributed by atoms with van der Waals surface area (Å²) in [6.07, 6.45) is 1.18. The first-order valence-corrected chi connectivity index (χ1v) is 5.33. The van der Waals surface area contributed by atoms with Crippen LogP contribution in [-0.4, -0.2) is 49.6 Å². The largest absolute Gasteiger partial charge is 0.365 e. The van der Waals surface area contributed by atoms with Crippen molar-refractivity contribution in [3.63, 3.8) is 0 Å². The molecule has 0 saturated heterocycles. The summed E-state index contributed by atoms with van der Waals surface area (Å²) in [4.78, 5) is 6.57. The molecule has 0 spiro atoms. The van der Waals surface area contributed by atoms with Crippen molar-refractivity contribution >= 4 is 41.7 Å². The van der Waals surface area contributed by atoms with Crippen LogP contribution in [0.5, 0.6) is 0 Å². The van der Waals surface area contributed by atoms with Gasteiger partial charge in [-0.15, -0.1) is 24.8 Å². The zero-order chi connectivity index (χ0) is 8.81. The van der Waals surface area contributed by atoms with Gasteiger partial charge in [0, 0.05) is 25.4 Å². The topological polar surface area (TPSA) is 27.6 Å². The Morgan fingerprint density at radius 1 is 1.43 bits per heavy atom.